The summed E-state index contributed by atoms with van der Waals surface area (Å²) >= 11 is 0. The average molecular weight is 577 g/mol. The van der Waals surface area contributed by atoms with E-state index in [9.17, 15) is 0 Å². The van der Waals surface area contributed by atoms with Gasteiger partial charge in [-0.2, -0.15) is 0 Å². The van der Waals surface area contributed by atoms with Crippen molar-refractivity contribution in [2.45, 2.75) is 168 Å². The summed E-state index contributed by atoms with van der Waals surface area (Å²) in [6.45, 7) is 5.38. The lowest BCUT2D eigenvalue weighted by atomic mass is 9.77. The van der Waals surface area contributed by atoms with Crippen molar-refractivity contribution in [1.29, 1.82) is 0 Å². The van der Waals surface area contributed by atoms with Crippen molar-refractivity contribution >= 4 is 0 Å². The van der Waals surface area contributed by atoms with Gasteiger partial charge in [-0.15, -0.1) is 0 Å². The van der Waals surface area contributed by atoms with Gasteiger partial charge in [-0.05, 0) is 48.8 Å². The molecule has 0 amide bonds. The van der Waals surface area contributed by atoms with Crippen LogP contribution in [0.3, 0.4) is 0 Å². The first kappa shape index (κ1) is 34.6. The average Bonchev–Trinajstić information content (AvgIpc) is 3.03. The Labute approximate surface area is 260 Å². The summed E-state index contributed by atoms with van der Waals surface area (Å²) in [6.07, 6.45) is 36.7. The van der Waals surface area contributed by atoms with Crippen LogP contribution in [0.1, 0.15) is 167 Å². The van der Waals surface area contributed by atoms with Crippen molar-refractivity contribution in [2.75, 3.05) is 6.61 Å². The van der Waals surface area contributed by atoms with Crippen molar-refractivity contribution in [3.8, 4) is 17.0 Å². The van der Waals surface area contributed by atoms with Gasteiger partial charge >= 0.3 is 0 Å². The number of hydrogen-bond donors (Lipinski definition) is 0. The summed E-state index contributed by atoms with van der Waals surface area (Å²) in [4.78, 5) is 9.19. The molecule has 1 aliphatic carbocycles. The van der Waals surface area contributed by atoms with E-state index < -0.39 is 0 Å². The van der Waals surface area contributed by atoms with Gasteiger partial charge in [0, 0.05) is 11.8 Å². The summed E-state index contributed by atoms with van der Waals surface area (Å²) in [5.74, 6) is 2.80. The highest BCUT2D eigenvalue weighted by atomic mass is 16.5. The first-order valence-electron chi connectivity index (χ1n) is 18.3. The van der Waals surface area contributed by atoms with E-state index in [1.807, 2.05) is 6.20 Å². The molecule has 1 fully saturated rings. The van der Waals surface area contributed by atoms with Gasteiger partial charge < -0.3 is 4.74 Å². The third-order valence-electron chi connectivity index (χ3n) is 9.69. The van der Waals surface area contributed by atoms with Crippen LogP contribution in [-0.2, 0) is 6.42 Å². The second-order valence-corrected chi connectivity index (χ2v) is 13.3. The molecule has 42 heavy (non-hydrogen) atoms. The molecule has 0 atom stereocenters. The van der Waals surface area contributed by atoms with Gasteiger partial charge in [-0.3, -0.25) is 0 Å². The third kappa shape index (κ3) is 14.0. The standard InChI is InChI=1S/C39H64N2O/c1-3-5-7-9-11-12-13-15-17-21-31-42-38-24-20-19-23-37(38)39-36(32-40-33-41-39)30-29-35-27-25-34(26-28-35)22-18-16-14-10-8-6-4-2/h19-20,23-24,32-35H,3-18,21-22,25-31H2,1-2H3. The number of benzene rings is 1. The summed E-state index contributed by atoms with van der Waals surface area (Å²) in [5.41, 5.74) is 3.47. The van der Waals surface area contributed by atoms with Crippen LogP contribution >= 0.6 is 0 Å². The van der Waals surface area contributed by atoms with E-state index in [1.54, 1.807) is 6.33 Å². The molecule has 0 unspecified atom stereocenters. The number of para-hydroxylation sites is 1. The summed E-state index contributed by atoms with van der Waals surface area (Å²) < 4.78 is 6.33. The molecule has 0 N–H and O–H groups in total. The lowest BCUT2D eigenvalue weighted by Crippen LogP contribution is -2.15. The predicted molar refractivity (Wildman–Crippen MR) is 181 cm³/mol. The molecule has 1 aliphatic rings. The van der Waals surface area contributed by atoms with Gasteiger partial charge in [0.1, 0.15) is 12.1 Å². The Kier molecular flexibility index (Phi) is 18.6. The fourth-order valence-corrected chi connectivity index (χ4v) is 6.90. The Balaban J connectivity index is 1.36. The topological polar surface area (TPSA) is 35.0 Å². The highest BCUT2D eigenvalue weighted by Crippen LogP contribution is 2.36. The Hall–Kier alpha value is -1.90. The zero-order valence-electron chi connectivity index (χ0n) is 27.6. The second-order valence-electron chi connectivity index (χ2n) is 13.3. The first-order chi connectivity index (χ1) is 20.8. The maximum atomic E-state index is 6.33. The molecular weight excluding hydrogens is 512 g/mol. The maximum absolute atomic E-state index is 6.33. The Morgan fingerprint density at radius 3 is 1.83 bits per heavy atom. The summed E-state index contributed by atoms with van der Waals surface area (Å²) in [7, 11) is 0. The Morgan fingerprint density at radius 1 is 0.643 bits per heavy atom. The van der Waals surface area contributed by atoms with Gasteiger partial charge in [0.15, 0.2) is 0 Å². The quantitative estimate of drug-likeness (QED) is 0.117. The number of aromatic nitrogens is 2. The monoisotopic (exact) mass is 577 g/mol. The fourth-order valence-electron chi connectivity index (χ4n) is 6.90. The van der Waals surface area contributed by atoms with Gasteiger partial charge in [0.05, 0.1) is 12.3 Å². The normalized spacial score (nSPS) is 17.0. The SMILES string of the molecule is CCCCCCCCCCCCOc1ccccc1-c1ncncc1CCC1CCC(CCCCCCCCC)CC1. The maximum Gasteiger partial charge on any atom is 0.128 e. The van der Waals surface area contributed by atoms with Crippen LogP contribution in [0.4, 0.5) is 0 Å². The zero-order chi connectivity index (χ0) is 29.5. The Bertz CT molecular complexity index is 920. The molecule has 1 saturated carbocycles. The molecule has 0 spiro atoms. The largest absolute Gasteiger partial charge is 0.493 e. The molecule has 0 radical (unpaired) electrons. The molecule has 3 heteroatoms. The molecule has 236 valence electrons. The molecule has 1 heterocycles. The molecule has 0 bridgehead atoms. The van der Waals surface area contributed by atoms with Crippen LogP contribution in [-0.4, -0.2) is 16.6 Å². The summed E-state index contributed by atoms with van der Waals surface area (Å²) in [6, 6.07) is 8.49. The van der Waals surface area contributed by atoms with E-state index in [0.29, 0.717) is 0 Å². The van der Waals surface area contributed by atoms with Crippen molar-refractivity contribution in [3.05, 3.63) is 42.4 Å². The van der Waals surface area contributed by atoms with E-state index in [2.05, 4.69) is 43.1 Å². The minimum Gasteiger partial charge on any atom is -0.493 e. The van der Waals surface area contributed by atoms with E-state index in [-0.39, 0.29) is 0 Å². The van der Waals surface area contributed by atoms with Crippen LogP contribution in [0.15, 0.2) is 36.8 Å². The minimum absolute atomic E-state index is 0.788. The number of ether oxygens (including phenoxy) is 1. The number of hydrogen-bond acceptors (Lipinski definition) is 3. The van der Waals surface area contributed by atoms with Crippen molar-refractivity contribution in [2.24, 2.45) is 11.8 Å². The first-order valence-corrected chi connectivity index (χ1v) is 18.3. The van der Waals surface area contributed by atoms with Crippen LogP contribution in [0, 0.1) is 11.8 Å². The summed E-state index contributed by atoms with van der Waals surface area (Å²) in [5, 5.41) is 0. The molecule has 3 rings (SSSR count). The van der Waals surface area contributed by atoms with E-state index in [0.717, 1.165) is 48.3 Å². The number of aryl methyl sites for hydroxylation is 1. The zero-order valence-corrected chi connectivity index (χ0v) is 27.6. The molecular formula is C39H64N2O. The van der Waals surface area contributed by atoms with Crippen LogP contribution in [0.5, 0.6) is 5.75 Å². The molecule has 1 aromatic heterocycles. The van der Waals surface area contributed by atoms with Gasteiger partial charge in [0.2, 0.25) is 0 Å². The van der Waals surface area contributed by atoms with Gasteiger partial charge in [-0.1, -0.05) is 161 Å². The molecule has 3 nitrogen and oxygen atoms in total. The van der Waals surface area contributed by atoms with E-state index >= 15 is 0 Å². The van der Waals surface area contributed by atoms with Gasteiger partial charge in [0.25, 0.3) is 0 Å². The number of unbranched alkanes of at least 4 members (excludes halogenated alkanes) is 15. The lowest BCUT2D eigenvalue weighted by molar-refractivity contribution is 0.248. The van der Waals surface area contributed by atoms with E-state index in [4.69, 9.17) is 9.72 Å². The van der Waals surface area contributed by atoms with Crippen molar-refractivity contribution < 1.29 is 4.74 Å². The predicted octanol–water partition coefficient (Wildman–Crippen LogP) is 12.3. The number of nitrogens with zero attached hydrogens (tertiary/aromatic N) is 2. The molecule has 0 saturated heterocycles. The minimum atomic E-state index is 0.788. The number of rotatable bonds is 24. The molecule has 0 aliphatic heterocycles. The second kappa shape index (κ2) is 22.6. The van der Waals surface area contributed by atoms with Crippen LogP contribution in [0.25, 0.3) is 11.3 Å². The van der Waals surface area contributed by atoms with Crippen LogP contribution < -0.4 is 4.74 Å². The van der Waals surface area contributed by atoms with Crippen LogP contribution in [0.2, 0.25) is 0 Å². The smallest absolute Gasteiger partial charge is 0.128 e. The third-order valence-corrected chi connectivity index (χ3v) is 9.69. The highest BCUT2D eigenvalue weighted by Gasteiger charge is 2.21. The van der Waals surface area contributed by atoms with Crippen molar-refractivity contribution in [3.63, 3.8) is 0 Å². The Morgan fingerprint density at radius 2 is 1.19 bits per heavy atom. The fraction of sp³-hybridized carbons (Fsp3) is 0.744. The van der Waals surface area contributed by atoms with Gasteiger partial charge in [-0.25, -0.2) is 9.97 Å². The highest BCUT2D eigenvalue weighted by molar-refractivity contribution is 5.69. The lowest BCUT2D eigenvalue weighted by Gasteiger charge is -2.28. The van der Waals surface area contributed by atoms with Crippen molar-refractivity contribution in [1.82, 2.24) is 9.97 Å². The van der Waals surface area contributed by atoms with E-state index in [1.165, 1.54) is 147 Å². The molecule has 2 aromatic rings. The molecule has 1 aromatic carbocycles.